The minimum Gasteiger partial charge on any atom is -0.480 e. The molecule has 0 saturated carbocycles. The molecule has 2 N–H and O–H groups in total. The Bertz CT molecular complexity index is 540. The molecule has 0 bridgehead atoms. The first-order chi connectivity index (χ1) is 9.95. The van der Waals surface area contributed by atoms with E-state index in [0.29, 0.717) is 12.2 Å². The Morgan fingerprint density at radius 2 is 2.29 bits per heavy atom. The van der Waals surface area contributed by atoms with Gasteiger partial charge >= 0.3 is 5.97 Å². The number of thioether (sulfide) groups is 1. The fourth-order valence-corrected chi connectivity index (χ4v) is 2.59. The summed E-state index contributed by atoms with van der Waals surface area (Å²) in [5.74, 6) is -1.19. The molecule has 1 unspecified atom stereocenters. The van der Waals surface area contributed by atoms with E-state index >= 15 is 0 Å². The summed E-state index contributed by atoms with van der Waals surface area (Å²) in [5.41, 5.74) is 0.0601. The van der Waals surface area contributed by atoms with Gasteiger partial charge in [0.25, 0.3) is 5.69 Å². The Kier molecular flexibility index (Phi) is 6.60. The summed E-state index contributed by atoms with van der Waals surface area (Å²) in [6.07, 6.45) is 0.475. The number of nitrogens with one attached hydrogen (secondary N) is 1. The number of carboxylic acids is 1. The monoisotopic (exact) mass is 316 g/mol. The summed E-state index contributed by atoms with van der Waals surface area (Å²) in [4.78, 5) is 31.2. The molecule has 0 heterocycles. The van der Waals surface area contributed by atoms with E-state index in [1.54, 1.807) is 0 Å². The standard InChI is InChI=1S/C12H13FN2O5S/c13-9-1-2-11(15(19)20)8(5-9)6-21-4-3-10(12(17)18)14-7-16/h1-2,5,7,10H,3-4,6H2,(H,14,16)(H,17,18). The van der Waals surface area contributed by atoms with Gasteiger partial charge in [-0.05, 0) is 24.3 Å². The van der Waals surface area contributed by atoms with Crippen LogP contribution >= 0.6 is 11.8 Å². The summed E-state index contributed by atoms with van der Waals surface area (Å²) >= 11 is 1.23. The molecule has 1 aromatic carbocycles. The molecule has 114 valence electrons. The Morgan fingerprint density at radius 1 is 1.57 bits per heavy atom. The number of carboxylic acid groups (broad SMARTS) is 1. The second-order valence-corrected chi connectivity index (χ2v) is 5.15. The van der Waals surface area contributed by atoms with Crippen molar-refractivity contribution in [3.05, 3.63) is 39.7 Å². The van der Waals surface area contributed by atoms with Crippen molar-refractivity contribution in [3.8, 4) is 0 Å². The van der Waals surface area contributed by atoms with Crippen LogP contribution in [0.4, 0.5) is 10.1 Å². The number of halogens is 1. The Hall–Kier alpha value is -2.16. The van der Waals surface area contributed by atoms with Gasteiger partial charge in [-0.15, -0.1) is 0 Å². The molecule has 21 heavy (non-hydrogen) atoms. The van der Waals surface area contributed by atoms with Gasteiger partial charge in [0.15, 0.2) is 0 Å². The molecule has 1 rings (SSSR count). The minimum atomic E-state index is -1.15. The van der Waals surface area contributed by atoms with Gasteiger partial charge in [-0.25, -0.2) is 9.18 Å². The molecule has 7 nitrogen and oxygen atoms in total. The van der Waals surface area contributed by atoms with E-state index in [1.807, 2.05) is 0 Å². The second-order valence-electron chi connectivity index (χ2n) is 4.05. The average molecular weight is 316 g/mol. The SMILES string of the molecule is O=CNC(CCSCc1cc(F)ccc1[N+](=O)[O-])C(=O)O. The van der Waals surface area contributed by atoms with E-state index in [2.05, 4.69) is 5.32 Å². The molecule has 0 spiro atoms. The number of hydrogen-bond donors (Lipinski definition) is 2. The molecule has 0 aliphatic rings. The van der Waals surface area contributed by atoms with Crippen molar-refractivity contribution in [2.75, 3.05) is 5.75 Å². The van der Waals surface area contributed by atoms with Crippen LogP contribution in [0.2, 0.25) is 0 Å². The van der Waals surface area contributed by atoms with Crippen molar-refractivity contribution in [2.24, 2.45) is 0 Å². The molecule has 0 saturated heterocycles. The van der Waals surface area contributed by atoms with E-state index in [4.69, 9.17) is 5.11 Å². The van der Waals surface area contributed by atoms with Gasteiger partial charge in [0.1, 0.15) is 11.9 Å². The van der Waals surface area contributed by atoms with Crippen LogP contribution in [-0.2, 0) is 15.3 Å². The van der Waals surface area contributed by atoms with E-state index in [9.17, 15) is 24.1 Å². The van der Waals surface area contributed by atoms with Gasteiger partial charge < -0.3 is 10.4 Å². The van der Waals surface area contributed by atoms with Crippen molar-refractivity contribution in [1.82, 2.24) is 5.32 Å². The number of carbonyl (C=O) groups excluding carboxylic acids is 1. The second kappa shape index (κ2) is 8.20. The highest BCUT2D eigenvalue weighted by molar-refractivity contribution is 7.98. The van der Waals surface area contributed by atoms with Crippen LogP contribution in [0.1, 0.15) is 12.0 Å². The average Bonchev–Trinajstić information content (AvgIpc) is 2.41. The zero-order valence-corrected chi connectivity index (χ0v) is 11.6. The normalized spacial score (nSPS) is 11.7. The fraction of sp³-hybridized carbons (Fsp3) is 0.333. The van der Waals surface area contributed by atoms with Gasteiger partial charge in [-0.3, -0.25) is 14.9 Å². The van der Waals surface area contributed by atoms with Gasteiger partial charge in [0.05, 0.1) is 4.92 Å². The molecular formula is C12H13FN2O5S. The van der Waals surface area contributed by atoms with Crippen LogP contribution < -0.4 is 5.32 Å². The molecule has 1 atom stereocenters. The lowest BCUT2D eigenvalue weighted by molar-refractivity contribution is -0.385. The van der Waals surface area contributed by atoms with E-state index < -0.39 is 22.8 Å². The molecule has 0 radical (unpaired) electrons. The van der Waals surface area contributed by atoms with Crippen molar-refractivity contribution in [1.29, 1.82) is 0 Å². The molecular weight excluding hydrogens is 303 g/mol. The third kappa shape index (κ3) is 5.38. The molecule has 0 fully saturated rings. The molecule has 9 heteroatoms. The van der Waals surface area contributed by atoms with Crippen LogP contribution in [0.25, 0.3) is 0 Å². The number of nitro groups is 1. The Balaban J connectivity index is 2.56. The van der Waals surface area contributed by atoms with Gasteiger partial charge in [0.2, 0.25) is 6.41 Å². The van der Waals surface area contributed by atoms with E-state index in [0.717, 1.165) is 18.2 Å². The number of nitrogens with zero attached hydrogens (tertiary/aromatic N) is 1. The summed E-state index contributed by atoms with van der Waals surface area (Å²) in [6, 6.07) is 2.20. The summed E-state index contributed by atoms with van der Waals surface area (Å²) in [7, 11) is 0. The van der Waals surface area contributed by atoms with Gasteiger partial charge in [0, 0.05) is 17.4 Å². The van der Waals surface area contributed by atoms with Crippen LogP contribution in [0.3, 0.4) is 0 Å². The summed E-state index contributed by atoms with van der Waals surface area (Å²) in [5, 5.41) is 21.8. The molecule has 0 aliphatic heterocycles. The fourth-order valence-electron chi connectivity index (χ4n) is 1.59. The first kappa shape index (κ1) is 16.9. The lowest BCUT2D eigenvalue weighted by Gasteiger charge is -2.10. The van der Waals surface area contributed by atoms with Crippen LogP contribution in [0, 0.1) is 15.9 Å². The number of nitro benzene ring substituents is 1. The summed E-state index contributed by atoms with van der Waals surface area (Å²) in [6.45, 7) is 0. The first-order valence-corrected chi connectivity index (χ1v) is 7.04. The Labute approximate surface area is 123 Å². The third-order valence-corrected chi connectivity index (χ3v) is 3.65. The predicted molar refractivity (Wildman–Crippen MR) is 74.5 cm³/mol. The van der Waals surface area contributed by atoms with Crippen molar-refractivity contribution < 1.29 is 24.0 Å². The van der Waals surface area contributed by atoms with Gasteiger partial charge in [-0.2, -0.15) is 11.8 Å². The van der Waals surface area contributed by atoms with E-state index in [1.165, 1.54) is 11.8 Å². The number of hydrogen-bond acceptors (Lipinski definition) is 5. The highest BCUT2D eigenvalue weighted by Gasteiger charge is 2.17. The number of rotatable bonds is 9. The summed E-state index contributed by atoms with van der Waals surface area (Å²) < 4.78 is 13.1. The maximum atomic E-state index is 13.1. The van der Waals surface area contributed by atoms with Crippen LogP contribution in [0.15, 0.2) is 18.2 Å². The minimum absolute atomic E-state index is 0.169. The maximum Gasteiger partial charge on any atom is 0.326 e. The number of benzene rings is 1. The highest BCUT2D eigenvalue weighted by Crippen LogP contribution is 2.24. The third-order valence-electron chi connectivity index (χ3n) is 2.61. The molecule has 1 aromatic rings. The van der Waals surface area contributed by atoms with Crippen LogP contribution in [-0.4, -0.2) is 34.2 Å². The number of amides is 1. The lowest BCUT2D eigenvalue weighted by Crippen LogP contribution is -2.36. The Morgan fingerprint density at radius 3 is 2.86 bits per heavy atom. The zero-order chi connectivity index (χ0) is 15.8. The molecule has 0 aliphatic carbocycles. The predicted octanol–water partition coefficient (Wildman–Crippen LogP) is 1.56. The van der Waals surface area contributed by atoms with Crippen molar-refractivity contribution in [2.45, 2.75) is 18.2 Å². The smallest absolute Gasteiger partial charge is 0.326 e. The van der Waals surface area contributed by atoms with Crippen LogP contribution in [0.5, 0.6) is 0 Å². The number of carbonyl (C=O) groups is 2. The number of aliphatic carboxylic acids is 1. The largest absolute Gasteiger partial charge is 0.480 e. The zero-order valence-electron chi connectivity index (χ0n) is 10.8. The highest BCUT2D eigenvalue weighted by atomic mass is 32.2. The lowest BCUT2D eigenvalue weighted by atomic mass is 10.2. The maximum absolute atomic E-state index is 13.1. The topological polar surface area (TPSA) is 110 Å². The van der Waals surface area contributed by atoms with Crippen molar-refractivity contribution >= 4 is 29.8 Å². The van der Waals surface area contributed by atoms with E-state index in [-0.39, 0.29) is 23.4 Å². The molecule has 0 aromatic heterocycles. The first-order valence-electron chi connectivity index (χ1n) is 5.88. The van der Waals surface area contributed by atoms with Crippen molar-refractivity contribution in [3.63, 3.8) is 0 Å². The quantitative estimate of drug-likeness (QED) is 0.310. The molecule has 1 amide bonds. The van der Waals surface area contributed by atoms with Gasteiger partial charge in [-0.1, -0.05) is 0 Å².